The van der Waals surface area contributed by atoms with Gasteiger partial charge in [0.05, 0.1) is 12.2 Å². The number of ether oxygens (including phenoxy) is 2. The van der Waals surface area contributed by atoms with E-state index in [9.17, 15) is 24.9 Å². The van der Waals surface area contributed by atoms with Crippen LogP contribution >= 0.6 is 0 Å². The minimum atomic E-state index is -2.05. The Morgan fingerprint density at radius 3 is 2.50 bits per heavy atom. The Labute approximate surface area is 164 Å². The molecule has 7 nitrogen and oxygen atoms in total. The van der Waals surface area contributed by atoms with Crippen molar-refractivity contribution >= 4 is 11.8 Å². The van der Waals surface area contributed by atoms with E-state index < -0.39 is 47.2 Å². The van der Waals surface area contributed by atoms with E-state index in [1.165, 1.54) is 6.92 Å². The number of aliphatic hydroxyl groups is 3. The lowest BCUT2D eigenvalue weighted by Gasteiger charge is -2.56. The highest BCUT2D eigenvalue weighted by Gasteiger charge is 2.66. The molecule has 0 radical (unpaired) electrons. The van der Waals surface area contributed by atoms with Crippen LogP contribution in [0.5, 0.6) is 0 Å². The number of rotatable bonds is 1. The van der Waals surface area contributed by atoms with Crippen LogP contribution in [-0.2, 0) is 19.1 Å². The Morgan fingerprint density at radius 1 is 1.18 bits per heavy atom. The van der Waals surface area contributed by atoms with Crippen molar-refractivity contribution in [3.63, 3.8) is 0 Å². The predicted molar refractivity (Wildman–Crippen MR) is 97.4 cm³/mol. The Bertz CT molecular complexity index is 782. The zero-order valence-electron chi connectivity index (χ0n) is 16.6. The smallest absolute Gasteiger partial charge is 0.348 e. The van der Waals surface area contributed by atoms with Crippen LogP contribution in [0.25, 0.3) is 0 Å². The van der Waals surface area contributed by atoms with Gasteiger partial charge in [-0.3, -0.25) is 4.79 Å². The summed E-state index contributed by atoms with van der Waals surface area (Å²) >= 11 is 0. The van der Waals surface area contributed by atoms with Gasteiger partial charge in [-0.1, -0.05) is 26.0 Å². The molecule has 7 heteroatoms. The number of carbonyl (C=O) groups is 2. The lowest BCUT2D eigenvalue weighted by Crippen LogP contribution is -2.62. The molecule has 2 bridgehead atoms. The molecule has 0 spiro atoms. The molecule has 4 rings (SSSR count). The van der Waals surface area contributed by atoms with Crippen molar-refractivity contribution in [3.8, 4) is 0 Å². The summed E-state index contributed by atoms with van der Waals surface area (Å²) in [6.07, 6.45) is 2.26. The number of Topliss-reactive ketones (excluding diaryl/α,β-unsaturated/α-hetero) is 1. The molecule has 0 aromatic heterocycles. The quantitative estimate of drug-likeness (QED) is 0.347. The lowest BCUT2D eigenvalue weighted by molar-refractivity contribution is -0.212. The van der Waals surface area contributed by atoms with Gasteiger partial charge in [-0.2, -0.15) is 0 Å². The van der Waals surface area contributed by atoms with Crippen molar-refractivity contribution in [2.75, 3.05) is 0 Å². The SMILES string of the molecule is C/C=C/C1C2OC3=C(C(=O)OC3(C)O)C(=O)C1(C)C1CC(O)C(C)CC1C2O. The number of carbonyl (C=O) groups excluding carboxylic acids is 2. The van der Waals surface area contributed by atoms with Crippen LogP contribution in [0.1, 0.15) is 40.5 Å². The normalized spacial score (nSPS) is 50.8. The van der Waals surface area contributed by atoms with Gasteiger partial charge in [-0.25, -0.2) is 4.79 Å². The average molecular weight is 392 g/mol. The first-order valence-electron chi connectivity index (χ1n) is 9.94. The van der Waals surface area contributed by atoms with E-state index in [0.29, 0.717) is 12.8 Å². The molecule has 4 aliphatic rings. The number of fused-ring (bicyclic) bond motifs is 4. The van der Waals surface area contributed by atoms with Crippen LogP contribution in [0.2, 0.25) is 0 Å². The first-order valence-corrected chi connectivity index (χ1v) is 9.94. The van der Waals surface area contributed by atoms with E-state index in [2.05, 4.69) is 0 Å². The van der Waals surface area contributed by atoms with Gasteiger partial charge < -0.3 is 24.8 Å². The maximum Gasteiger partial charge on any atom is 0.348 e. The summed E-state index contributed by atoms with van der Waals surface area (Å²) in [4.78, 5) is 26.2. The van der Waals surface area contributed by atoms with Gasteiger partial charge in [0.1, 0.15) is 11.7 Å². The fraction of sp³-hybridized carbons (Fsp3) is 0.714. The summed E-state index contributed by atoms with van der Waals surface area (Å²) in [6, 6.07) is 0. The summed E-state index contributed by atoms with van der Waals surface area (Å²) in [5, 5.41) is 32.3. The van der Waals surface area contributed by atoms with Crippen LogP contribution in [0.3, 0.4) is 0 Å². The molecule has 2 aliphatic heterocycles. The first kappa shape index (κ1) is 19.6. The Balaban J connectivity index is 1.93. The summed E-state index contributed by atoms with van der Waals surface area (Å²) in [6.45, 7) is 6.80. The van der Waals surface area contributed by atoms with Crippen molar-refractivity contribution in [2.24, 2.45) is 29.1 Å². The van der Waals surface area contributed by atoms with Gasteiger partial charge in [-0.15, -0.1) is 0 Å². The average Bonchev–Trinajstić information content (AvgIpc) is 2.79. The second-order valence-electron chi connectivity index (χ2n) is 9.10. The van der Waals surface area contributed by atoms with Crippen molar-refractivity contribution in [3.05, 3.63) is 23.5 Å². The number of allylic oxidation sites excluding steroid dienone is 1. The van der Waals surface area contributed by atoms with Gasteiger partial charge in [0.25, 0.3) is 5.79 Å². The highest BCUT2D eigenvalue weighted by atomic mass is 16.7. The van der Waals surface area contributed by atoms with Gasteiger partial charge >= 0.3 is 5.97 Å². The minimum Gasteiger partial charge on any atom is -0.483 e. The lowest BCUT2D eigenvalue weighted by atomic mass is 9.49. The third-order valence-electron chi connectivity index (χ3n) is 7.42. The molecule has 2 saturated carbocycles. The van der Waals surface area contributed by atoms with E-state index in [1.54, 1.807) is 13.0 Å². The molecular formula is C21H28O7. The molecule has 0 aromatic carbocycles. The number of hydrogen-bond acceptors (Lipinski definition) is 7. The van der Waals surface area contributed by atoms with Crippen molar-refractivity contribution in [2.45, 2.75) is 64.6 Å². The molecule has 2 heterocycles. The minimum absolute atomic E-state index is 0.0113. The fourth-order valence-corrected chi connectivity index (χ4v) is 5.88. The summed E-state index contributed by atoms with van der Waals surface area (Å²) < 4.78 is 11.0. The molecule has 2 aliphatic carbocycles. The summed E-state index contributed by atoms with van der Waals surface area (Å²) in [7, 11) is 0. The van der Waals surface area contributed by atoms with E-state index in [1.807, 2.05) is 19.9 Å². The first-order chi connectivity index (χ1) is 13.0. The van der Waals surface area contributed by atoms with Crippen LogP contribution in [0, 0.1) is 29.1 Å². The topological polar surface area (TPSA) is 113 Å². The molecule has 0 aromatic rings. The zero-order valence-corrected chi connectivity index (χ0v) is 16.6. The maximum atomic E-state index is 13.7. The molecule has 2 fully saturated rings. The van der Waals surface area contributed by atoms with Gasteiger partial charge in [0.2, 0.25) is 0 Å². The van der Waals surface area contributed by atoms with Crippen molar-refractivity contribution in [1.29, 1.82) is 0 Å². The fourth-order valence-electron chi connectivity index (χ4n) is 5.88. The number of cyclic esters (lactones) is 1. The van der Waals surface area contributed by atoms with E-state index >= 15 is 0 Å². The van der Waals surface area contributed by atoms with Gasteiger partial charge in [-0.05, 0) is 37.5 Å². The third-order valence-corrected chi connectivity index (χ3v) is 7.42. The molecule has 3 N–H and O–H groups in total. The number of hydrogen-bond donors (Lipinski definition) is 3. The molecule has 9 atom stereocenters. The molecule has 28 heavy (non-hydrogen) atoms. The number of aliphatic hydroxyl groups excluding tert-OH is 2. The van der Waals surface area contributed by atoms with E-state index in [4.69, 9.17) is 9.47 Å². The maximum absolute atomic E-state index is 13.7. The number of ketones is 1. The van der Waals surface area contributed by atoms with Gasteiger partial charge in [0.15, 0.2) is 11.5 Å². The Hall–Kier alpha value is -1.70. The molecule has 0 amide bonds. The largest absolute Gasteiger partial charge is 0.483 e. The molecule has 9 unspecified atom stereocenters. The highest BCUT2D eigenvalue weighted by molar-refractivity contribution is 6.21. The molecular weight excluding hydrogens is 364 g/mol. The Kier molecular flexibility index (Phi) is 4.30. The highest BCUT2D eigenvalue weighted by Crippen LogP contribution is 2.59. The molecule has 154 valence electrons. The van der Waals surface area contributed by atoms with Crippen LogP contribution in [0.15, 0.2) is 23.5 Å². The predicted octanol–water partition coefficient (Wildman–Crippen LogP) is 1.07. The standard InChI is InChI=1S/C21H28O7/c1-5-6-11-16-15(23)10-7-9(2)13(22)8-12(10)20(11,3)17(24)14-18(27-16)21(4,26)28-19(14)25/h5-6,9-13,15-16,22-23,26H,7-8H2,1-4H3/b6-5+. The zero-order chi connectivity index (χ0) is 20.6. The van der Waals surface area contributed by atoms with E-state index in [-0.39, 0.29) is 29.1 Å². The van der Waals surface area contributed by atoms with Crippen molar-refractivity contribution in [1.82, 2.24) is 0 Å². The second kappa shape index (κ2) is 6.15. The Morgan fingerprint density at radius 2 is 1.86 bits per heavy atom. The molecule has 0 saturated heterocycles. The number of esters is 1. The summed E-state index contributed by atoms with van der Waals surface area (Å²) in [5.41, 5.74) is -1.34. The van der Waals surface area contributed by atoms with Crippen molar-refractivity contribution < 1.29 is 34.4 Å². The summed E-state index contributed by atoms with van der Waals surface area (Å²) in [5.74, 6) is -4.70. The van der Waals surface area contributed by atoms with Gasteiger partial charge in [0, 0.05) is 18.3 Å². The third kappa shape index (κ3) is 2.39. The van der Waals surface area contributed by atoms with E-state index in [0.717, 1.165) is 0 Å². The van der Waals surface area contributed by atoms with Crippen LogP contribution < -0.4 is 0 Å². The van der Waals surface area contributed by atoms with Crippen LogP contribution in [-0.4, -0.2) is 51.2 Å². The monoisotopic (exact) mass is 392 g/mol. The van der Waals surface area contributed by atoms with Crippen LogP contribution in [0.4, 0.5) is 0 Å². The second-order valence-corrected chi connectivity index (χ2v) is 9.10.